The molecule has 0 heterocycles. The molecule has 2 radical (unpaired) electrons. The third-order valence-corrected chi connectivity index (χ3v) is 0.871. The van der Waals surface area contributed by atoms with Crippen molar-refractivity contribution in [2.24, 2.45) is 0 Å². The van der Waals surface area contributed by atoms with Crippen LogP contribution in [0.1, 0.15) is 0 Å². The van der Waals surface area contributed by atoms with E-state index in [0.29, 0.717) is 0 Å². The summed E-state index contributed by atoms with van der Waals surface area (Å²) in [6, 6.07) is 0. The summed E-state index contributed by atoms with van der Waals surface area (Å²) in [4.78, 5) is 0. The maximum Gasteiger partial charge on any atom is 0.165 e. The van der Waals surface area contributed by atoms with Gasteiger partial charge in [-0.2, -0.15) is 0 Å². The van der Waals surface area contributed by atoms with Crippen LogP contribution in [0.3, 0.4) is 0 Å². The van der Waals surface area contributed by atoms with E-state index in [1.54, 1.807) is 0 Å². The van der Waals surface area contributed by atoms with Crippen LogP contribution in [0.25, 0.3) is 0 Å². The van der Waals surface area contributed by atoms with Gasteiger partial charge in [-0.3, -0.25) is 0 Å². The van der Waals surface area contributed by atoms with E-state index in [9.17, 15) is 0 Å². The molecule has 0 atom stereocenters. The number of rotatable bonds is 2. The van der Waals surface area contributed by atoms with E-state index in [-0.39, 0.29) is 0 Å². The third kappa shape index (κ3) is 5.22. The Morgan fingerprint density at radius 1 is 1.80 bits per heavy atom. The second kappa shape index (κ2) is 5.22. The SMILES string of the molecule is [Al][CH2]OCI. The molecule has 0 fully saturated rings. The average molecular weight is 198 g/mol. The van der Waals surface area contributed by atoms with Gasteiger partial charge in [-0.15, -0.1) is 0 Å². The first-order chi connectivity index (χ1) is 2.41. The van der Waals surface area contributed by atoms with Gasteiger partial charge in [-0.1, -0.05) is 22.6 Å². The van der Waals surface area contributed by atoms with Gasteiger partial charge in [0.2, 0.25) is 0 Å². The molecule has 0 aliphatic rings. The predicted octanol–water partition coefficient (Wildman–Crippen LogP) is 0.521. The van der Waals surface area contributed by atoms with Crippen molar-refractivity contribution in [2.75, 3.05) is 10.1 Å². The number of alkyl halides is 1. The molecular formula is C2H4AlIO. The molecule has 0 aromatic carbocycles. The summed E-state index contributed by atoms with van der Waals surface area (Å²) in [6.45, 7) is 0. The monoisotopic (exact) mass is 198 g/mol. The highest BCUT2D eigenvalue weighted by atomic mass is 127. The number of hydrogen-bond acceptors (Lipinski definition) is 1. The van der Waals surface area contributed by atoms with Gasteiger partial charge in [0.1, 0.15) is 0 Å². The zero-order chi connectivity index (χ0) is 4.12. The summed E-state index contributed by atoms with van der Waals surface area (Å²) in [7, 11) is 0. The highest BCUT2D eigenvalue weighted by Crippen LogP contribution is 1.77. The Labute approximate surface area is 53.6 Å². The lowest BCUT2D eigenvalue weighted by molar-refractivity contribution is 0.245. The molecule has 0 unspecified atom stereocenters. The molecule has 1 nitrogen and oxygen atoms in total. The van der Waals surface area contributed by atoms with Crippen LogP contribution in [0.5, 0.6) is 0 Å². The molecule has 0 aliphatic heterocycles. The van der Waals surface area contributed by atoms with Crippen LogP contribution in [0, 0.1) is 0 Å². The van der Waals surface area contributed by atoms with Crippen molar-refractivity contribution in [3.05, 3.63) is 0 Å². The highest BCUT2D eigenvalue weighted by Gasteiger charge is 1.65. The van der Waals surface area contributed by atoms with E-state index in [0.717, 1.165) is 10.1 Å². The smallest absolute Gasteiger partial charge is 0.165 e. The van der Waals surface area contributed by atoms with E-state index in [1.807, 2.05) is 0 Å². The van der Waals surface area contributed by atoms with Crippen molar-refractivity contribution in [1.29, 1.82) is 0 Å². The van der Waals surface area contributed by atoms with Crippen molar-refractivity contribution in [1.82, 2.24) is 0 Å². The molecule has 0 amide bonds. The van der Waals surface area contributed by atoms with Gasteiger partial charge in [0.15, 0.2) is 16.3 Å². The van der Waals surface area contributed by atoms with Crippen LogP contribution < -0.4 is 0 Å². The number of halogens is 1. The fourth-order valence-electron chi connectivity index (χ4n) is 0.0445. The second-order valence-electron chi connectivity index (χ2n) is 0.480. The minimum atomic E-state index is 0.753. The van der Waals surface area contributed by atoms with Crippen LogP contribution in [0.15, 0.2) is 0 Å². The minimum absolute atomic E-state index is 0.753. The molecule has 0 saturated carbocycles. The van der Waals surface area contributed by atoms with Crippen molar-refractivity contribution in [3.63, 3.8) is 0 Å². The first-order valence-electron chi connectivity index (χ1n) is 1.25. The summed E-state index contributed by atoms with van der Waals surface area (Å²) >= 11 is 4.62. The van der Waals surface area contributed by atoms with Crippen molar-refractivity contribution >= 4 is 38.9 Å². The molecule has 0 saturated heterocycles. The van der Waals surface area contributed by atoms with Crippen LogP contribution in [0.2, 0.25) is 0 Å². The van der Waals surface area contributed by atoms with Crippen LogP contribution in [-0.2, 0) is 4.74 Å². The lowest BCUT2D eigenvalue weighted by atomic mass is 11.5. The quantitative estimate of drug-likeness (QED) is 0.357. The fraction of sp³-hybridized carbons (Fsp3) is 1.00. The molecule has 28 valence electrons. The van der Waals surface area contributed by atoms with E-state index < -0.39 is 0 Å². The van der Waals surface area contributed by atoms with Gasteiger partial charge in [-0.25, -0.2) is 0 Å². The lowest BCUT2D eigenvalue weighted by Crippen LogP contribution is -1.86. The fourth-order valence-corrected chi connectivity index (χ4v) is 0.896. The van der Waals surface area contributed by atoms with Crippen LogP contribution in [0.4, 0.5) is 0 Å². The average Bonchev–Trinajstić information content (AvgIpc) is 1.41. The molecule has 0 aromatic rings. The third-order valence-electron chi connectivity index (χ3n) is 0.195. The first-order valence-corrected chi connectivity index (χ1v) is 3.59. The Morgan fingerprint density at radius 3 is 2.40 bits per heavy atom. The van der Waals surface area contributed by atoms with E-state index in [1.165, 1.54) is 0 Å². The molecule has 3 heteroatoms. The Morgan fingerprint density at radius 2 is 2.40 bits per heavy atom. The predicted molar refractivity (Wildman–Crippen MR) is 30.6 cm³/mol. The molecular weight excluding hydrogens is 194 g/mol. The normalized spacial score (nSPS) is 8.20. The lowest BCUT2D eigenvalue weighted by Gasteiger charge is -1.85. The summed E-state index contributed by atoms with van der Waals surface area (Å²) in [5.74, 6) is 0. The topological polar surface area (TPSA) is 9.23 Å². The van der Waals surface area contributed by atoms with Gasteiger partial charge in [-0.05, 0) is 5.47 Å². The van der Waals surface area contributed by atoms with Gasteiger partial charge >= 0.3 is 0 Å². The van der Waals surface area contributed by atoms with Gasteiger partial charge in [0, 0.05) is 0 Å². The maximum absolute atomic E-state index is 4.78. The Bertz CT molecular complexity index is 17.1. The van der Waals surface area contributed by atoms with E-state index in [2.05, 4.69) is 38.9 Å². The van der Waals surface area contributed by atoms with Crippen LogP contribution in [-0.4, -0.2) is 26.4 Å². The van der Waals surface area contributed by atoms with E-state index in [4.69, 9.17) is 4.74 Å². The maximum atomic E-state index is 4.78. The van der Waals surface area contributed by atoms with Crippen molar-refractivity contribution in [3.8, 4) is 0 Å². The van der Waals surface area contributed by atoms with Crippen molar-refractivity contribution in [2.45, 2.75) is 0 Å². The second-order valence-corrected chi connectivity index (χ2v) is 1.44. The summed E-state index contributed by atoms with van der Waals surface area (Å²) in [5, 5.41) is 0. The molecule has 5 heavy (non-hydrogen) atoms. The van der Waals surface area contributed by atoms with Gasteiger partial charge in [0.25, 0.3) is 0 Å². The Balaban J connectivity index is 2.19. The summed E-state index contributed by atoms with van der Waals surface area (Å²) < 4.78 is 5.58. The zero-order valence-electron chi connectivity index (χ0n) is 2.78. The number of hydrogen-bond donors (Lipinski definition) is 0. The van der Waals surface area contributed by atoms with Gasteiger partial charge in [0.05, 0.1) is 4.61 Å². The largest absolute Gasteiger partial charge is 0.388 e. The van der Waals surface area contributed by atoms with E-state index >= 15 is 0 Å². The molecule has 0 spiro atoms. The zero-order valence-corrected chi connectivity index (χ0v) is 6.09. The molecule has 0 rings (SSSR count). The number of ether oxygens (including phenoxy) is 1. The molecule has 0 aliphatic carbocycles. The Hall–Kier alpha value is 1.22. The summed E-state index contributed by atoms with van der Waals surface area (Å²) in [6.07, 6.45) is 0. The summed E-state index contributed by atoms with van der Waals surface area (Å²) in [5.41, 5.74) is 0.753. The minimum Gasteiger partial charge on any atom is -0.388 e. The standard InChI is InChI=1S/C2H4IO.Al/c1-4-2-3;/h1-2H2;. The Kier molecular flexibility index (Phi) is 6.50. The molecule has 0 N–H and O–H groups in total. The van der Waals surface area contributed by atoms with Crippen molar-refractivity contribution < 1.29 is 4.74 Å². The molecule has 0 aromatic heterocycles. The first kappa shape index (κ1) is 6.22. The molecule has 0 bridgehead atoms. The van der Waals surface area contributed by atoms with Gasteiger partial charge < -0.3 is 4.74 Å². The van der Waals surface area contributed by atoms with Crippen LogP contribution >= 0.6 is 22.6 Å². The highest BCUT2D eigenvalue weighted by molar-refractivity contribution is 14.1.